The summed E-state index contributed by atoms with van der Waals surface area (Å²) < 4.78 is 0. The first kappa shape index (κ1) is 43.0. The van der Waals surface area contributed by atoms with Gasteiger partial charge in [-0.2, -0.15) is 0 Å². The summed E-state index contributed by atoms with van der Waals surface area (Å²) in [6.07, 6.45) is 0. The van der Waals surface area contributed by atoms with E-state index in [0.717, 1.165) is 0 Å². The average Bonchev–Trinajstić information content (AvgIpc) is 3.31. The van der Waals surface area contributed by atoms with Crippen molar-refractivity contribution in [3.8, 4) is 183 Å². The summed E-state index contributed by atoms with van der Waals surface area (Å²) in [5, 5.41) is 281. The molecule has 0 saturated heterocycles. The van der Waals surface area contributed by atoms with Crippen LogP contribution in [0.3, 0.4) is 0 Å². The van der Waals surface area contributed by atoms with Crippen LogP contribution in [0.5, 0.6) is 149 Å². The molecule has 26 nitrogen and oxygen atoms in total. The Hall–Kier alpha value is -10.9. The molecule has 0 fully saturated rings. The van der Waals surface area contributed by atoms with Gasteiger partial charge in [-0.1, -0.05) is 0 Å². The molecule has 0 aliphatic rings. The van der Waals surface area contributed by atoms with Crippen LogP contribution in [0.2, 0.25) is 0 Å². The molecule has 0 aliphatic carbocycles. The van der Waals surface area contributed by atoms with Crippen molar-refractivity contribution in [2.75, 3.05) is 0 Å². The number of hydrogen-bond acceptors (Lipinski definition) is 26. The lowest BCUT2D eigenvalue weighted by Gasteiger charge is -2.26. The molecule has 0 aromatic heterocycles. The molecule has 0 saturated carbocycles. The van der Waals surface area contributed by atoms with Crippen LogP contribution in [-0.4, -0.2) is 133 Å². The second kappa shape index (κ2) is 12.9. The fourth-order valence-corrected chi connectivity index (χ4v) is 9.50. The Morgan fingerprint density at radius 1 is 0.0857 bits per heavy atom. The number of hydrogen-bond donors (Lipinski definition) is 26. The third-order valence-electron chi connectivity index (χ3n) is 12.6. The lowest BCUT2D eigenvalue weighted by molar-refractivity contribution is 0.329. The monoisotopic (exact) mass is 970 g/mol. The van der Waals surface area contributed by atoms with Crippen LogP contribution in [0.25, 0.3) is 98.0 Å². The number of rotatable bonds is 3. The molecule has 0 spiro atoms. The highest BCUT2D eigenvalue weighted by atomic mass is 16.4. The van der Waals surface area contributed by atoms with Crippen LogP contribution in [0.15, 0.2) is 0 Å². The molecule has 0 heterocycles. The van der Waals surface area contributed by atoms with Crippen LogP contribution in [0.4, 0.5) is 0 Å². The predicted molar refractivity (Wildman–Crippen MR) is 233 cm³/mol. The maximum absolute atomic E-state index is 12.5. The normalized spacial score (nSPS) is 12.1. The van der Waals surface area contributed by atoms with E-state index in [2.05, 4.69) is 0 Å². The summed E-state index contributed by atoms with van der Waals surface area (Å²) in [5.74, 6) is -42.1. The van der Waals surface area contributed by atoms with Crippen molar-refractivity contribution in [2.24, 2.45) is 0 Å². The average molecular weight is 971 g/mol. The van der Waals surface area contributed by atoms with Gasteiger partial charge >= 0.3 is 0 Å². The summed E-state index contributed by atoms with van der Waals surface area (Å²) >= 11 is 0. The second-order valence-corrected chi connectivity index (χ2v) is 15.8. The Bertz CT molecular complexity index is 3870. The van der Waals surface area contributed by atoms with E-state index < -0.39 is 248 Å². The highest BCUT2D eigenvalue weighted by Crippen LogP contribution is 2.71. The van der Waals surface area contributed by atoms with E-state index in [9.17, 15) is 133 Å². The molecule has 10 aromatic carbocycles. The molecule has 0 bridgehead atoms. The quantitative estimate of drug-likeness (QED) is 0.0640. The van der Waals surface area contributed by atoms with Crippen LogP contribution < -0.4 is 0 Å². The second-order valence-electron chi connectivity index (χ2n) is 15.8. The van der Waals surface area contributed by atoms with E-state index in [1.165, 1.54) is 0 Å². The molecule has 70 heavy (non-hydrogen) atoms. The molecule has 0 amide bonds. The number of phenolic OH excluding ortho intramolecular Hbond substituents is 26. The first-order chi connectivity index (χ1) is 32.7. The summed E-state index contributed by atoms with van der Waals surface area (Å²) in [6, 6.07) is 0. The van der Waals surface area contributed by atoms with Gasteiger partial charge in [-0.3, -0.25) is 0 Å². The smallest absolute Gasteiger partial charge is 0.208 e. The van der Waals surface area contributed by atoms with E-state index in [1.54, 1.807) is 0 Å². The third kappa shape index (κ3) is 4.44. The van der Waals surface area contributed by atoms with E-state index in [-0.39, 0.29) is 0 Å². The van der Waals surface area contributed by atoms with E-state index >= 15 is 0 Å². The van der Waals surface area contributed by atoms with Crippen molar-refractivity contribution in [1.29, 1.82) is 0 Å². The molecule has 0 aliphatic heterocycles. The summed E-state index contributed by atoms with van der Waals surface area (Å²) in [7, 11) is 0. The molecule has 0 atom stereocenters. The summed E-state index contributed by atoms with van der Waals surface area (Å²) in [5.41, 5.74) is -9.42. The molecule has 26 N–H and O–H groups in total. The standard InChI is InChI=1S/C44H26O26/c45-19-15(7-5-1-3-11(28(54)22(5)48)34(60)40(66)36(62)13(3)32(58)30(56)9(1)26(52)24(7)50)20(46)17(18-38(64)42(68)44(70)43(69)39(18)65)21(47)16(19)8-6-2-4-12(29(55)23(6)49)35(61)41(67)37(63)14(4)33(59)31(57)10(2)27(53)25(8)51/h45-70H. The van der Waals surface area contributed by atoms with Gasteiger partial charge in [-0.05, 0) is 0 Å². The molecule has 0 radical (unpaired) electrons. The van der Waals surface area contributed by atoms with Crippen molar-refractivity contribution in [3.05, 3.63) is 0 Å². The van der Waals surface area contributed by atoms with Gasteiger partial charge in [0.15, 0.2) is 103 Å². The van der Waals surface area contributed by atoms with Crippen molar-refractivity contribution in [2.45, 2.75) is 0 Å². The van der Waals surface area contributed by atoms with Gasteiger partial charge in [0, 0.05) is 43.4 Å². The number of phenols is 26. The van der Waals surface area contributed by atoms with Crippen molar-refractivity contribution in [3.63, 3.8) is 0 Å². The lowest BCUT2D eigenvalue weighted by atomic mass is 9.81. The highest BCUT2D eigenvalue weighted by Gasteiger charge is 2.42. The van der Waals surface area contributed by atoms with Gasteiger partial charge in [0.25, 0.3) is 0 Å². The number of benzene rings is 10. The fraction of sp³-hybridized carbons (Fsp3) is 0. The SMILES string of the molecule is Oc1c(O)c(O)c(-c2c(O)c(-c3c(O)c(O)c4c(O)c(O)c5c(O)c(O)c(O)c6c(O)c(O)c3c4c56)c(O)c(-c3c(O)c(O)c4c(O)c(O)c5c(O)c(O)c(O)c6c(O)c(O)c3c4c56)c2O)c(O)c1O. The maximum atomic E-state index is 12.5. The van der Waals surface area contributed by atoms with Gasteiger partial charge in [0.1, 0.15) is 17.2 Å². The van der Waals surface area contributed by atoms with Gasteiger partial charge in [0.2, 0.25) is 28.7 Å². The molecule has 26 heteroatoms. The van der Waals surface area contributed by atoms with Crippen molar-refractivity contribution < 1.29 is 133 Å². The zero-order valence-electron chi connectivity index (χ0n) is 33.6. The first-order valence-corrected chi connectivity index (χ1v) is 19.1. The van der Waals surface area contributed by atoms with Crippen LogP contribution in [0, 0.1) is 0 Å². The zero-order valence-corrected chi connectivity index (χ0v) is 33.6. The van der Waals surface area contributed by atoms with Gasteiger partial charge in [-0.15, -0.1) is 0 Å². The Morgan fingerprint density at radius 2 is 0.214 bits per heavy atom. The molecule has 10 rings (SSSR count). The topological polar surface area (TPSA) is 526 Å². The molecule has 358 valence electrons. The highest BCUT2D eigenvalue weighted by molar-refractivity contribution is 6.38. The van der Waals surface area contributed by atoms with Gasteiger partial charge in [-0.25, -0.2) is 0 Å². The van der Waals surface area contributed by atoms with E-state index in [4.69, 9.17) is 0 Å². The summed E-state index contributed by atoms with van der Waals surface area (Å²) in [4.78, 5) is 0. The van der Waals surface area contributed by atoms with Crippen molar-refractivity contribution in [1.82, 2.24) is 0 Å². The Balaban J connectivity index is 1.54. The Labute approximate surface area is 379 Å². The van der Waals surface area contributed by atoms with Crippen LogP contribution in [0.1, 0.15) is 0 Å². The number of aromatic hydroxyl groups is 26. The minimum Gasteiger partial charge on any atom is -0.506 e. The molecule has 0 unspecified atom stereocenters. The zero-order chi connectivity index (χ0) is 51.4. The van der Waals surface area contributed by atoms with Crippen LogP contribution in [-0.2, 0) is 0 Å². The largest absolute Gasteiger partial charge is 0.506 e. The van der Waals surface area contributed by atoms with E-state index in [1.807, 2.05) is 0 Å². The maximum Gasteiger partial charge on any atom is 0.208 e. The van der Waals surface area contributed by atoms with Gasteiger partial charge in [0.05, 0.1) is 54.6 Å². The predicted octanol–water partition coefficient (Wildman–Crippen LogP) is 4.83. The minimum atomic E-state index is -1.87. The summed E-state index contributed by atoms with van der Waals surface area (Å²) in [6.45, 7) is 0. The molecule has 10 aromatic rings. The molecular formula is C44H26O26. The van der Waals surface area contributed by atoms with Crippen molar-refractivity contribution >= 4 is 64.6 Å². The van der Waals surface area contributed by atoms with E-state index in [0.29, 0.717) is 0 Å². The minimum absolute atomic E-state index is 0.905. The Kier molecular flexibility index (Phi) is 7.93. The first-order valence-electron chi connectivity index (χ1n) is 19.1. The fourth-order valence-electron chi connectivity index (χ4n) is 9.50. The molecular weight excluding hydrogens is 944 g/mol. The van der Waals surface area contributed by atoms with Gasteiger partial charge < -0.3 is 133 Å². The lowest BCUT2D eigenvalue weighted by Crippen LogP contribution is -1.98. The third-order valence-corrected chi connectivity index (χ3v) is 12.6. The van der Waals surface area contributed by atoms with Crippen LogP contribution >= 0.6 is 0 Å². The Morgan fingerprint density at radius 3 is 0.471 bits per heavy atom.